The van der Waals surface area contributed by atoms with Crippen molar-refractivity contribution >= 4 is 28.4 Å². The van der Waals surface area contributed by atoms with Gasteiger partial charge in [-0.1, -0.05) is 24.1 Å². The zero-order valence-corrected chi connectivity index (χ0v) is 15.1. The average Bonchev–Trinajstić information content (AvgIpc) is 2.65. The number of benzene rings is 1. The smallest absolute Gasteiger partial charge is 0.280 e. The van der Waals surface area contributed by atoms with Gasteiger partial charge in [-0.15, -0.1) is 5.10 Å². The minimum atomic E-state index is -0.823. The van der Waals surface area contributed by atoms with Crippen LogP contribution in [0, 0.1) is 0 Å². The van der Waals surface area contributed by atoms with Crippen LogP contribution in [0.1, 0.15) is 44.6 Å². The first-order chi connectivity index (χ1) is 13.1. The number of nitrogens with zero attached hydrogens (tertiary/aromatic N) is 3. The lowest BCUT2D eigenvalue weighted by molar-refractivity contribution is -0.136. The van der Waals surface area contributed by atoms with Crippen molar-refractivity contribution in [2.75, 3.05) is 18.4 Å². The van der Waals surface area contributed by atoms with Crippen LogP contribution in [0.3, 0.4) is 0 Å². The summed E-state index contributed by atoms with van der Waals surface area (Å²) in [4.78, 5) is 36.4. The third kappa shape index (κ3) is 4.30. The van der Waals surface area contributed by atoms with Crippen molar-refractivity contribution in [2.24, 2.45) is 5.73 Å². The molecule has 3 rings (SSSR count). The molecule has 9 heteroatoms. The molecule has 0 spiro atoms. The highest BCUT2D eigenvalue weighted by Crippen LogP contribution is 2.20. The van der Waals surface area contributed by atoms with E-state index in [4.69, 9.17) is 5.73 Å². The van der Waals surface area contributed by atoms with E-state index in [-0.39, 0.29) is 24.3 Å². The molecule has 2 aromatic rings. The normalized spacial score (nSPS) is 17.1. The van der Waals surface area contributed by atoms with Crippen LogP contribution >= 0.6 is 0 Å². The second-order valence-electron chi connectivity index (χ2n) is 6.64. The number of carbonyl (C=O) groups excluding carboxylic acids is 2. The molecular weight excluding hydrogens is 348 g/mol. The van der Waals surface area contributed by atoms with Crippen molar-refractivity contribution in [1.82, 2.24) is 20.3 Å². The number of anilines is 1. The van der Waals surface area contributed by atoms with E-state index in [0.29, 0.717) is 23.1 Å². The molecule has 27 heavy (non-hydrogen) atoms. The second kappa shape index (κ2) is 8.72. The van der Waals surface area contributed by atoms with Crippen LogP contribution in [0.15, 0.2) is 23.0 Å². The molecule has 1 aliphatic heterocycles. The molecule has 0 saturated carbocycles. The summed E-state index contributed by atoms with van der Waals surface area (Å²) < 4.78 is 1.08. The van der Waals surface area contributed by atoms with E-state index in [9.17, 15) is 14.4 Å². The van der Waals surface area contributed by atoms with Gasteiger partial charge in [-0.25, -0.2) is 0 Å². The summed E-state index contributed by atoms with van der Waals surface area (Å²) in [5.74, 6) is -0.859. The summed E-state index contributed by atoms with van der Waals surface area (Å²) in [5.41, 5.74) is 6.25. The summed E-state index contributed by atoms with van der Waals surface area (Å²) in [6.07, 6.45) is 4.54. The van der Waals surface area contributed by atoms with Crippen molar-refractivity contribution < 1.29 is 9.59 Å². The molecule has 1 saturated heterocycles. The number of piperidine rings is 1. The zero-order chi connectivity index (χ0) is 19.2. The number of hydrogen-bond donors (Lipinski definition) is 3. The Labute approximate surface area is 156 Å². The van der Waals surface area contributed by atoms with E-state index in [1.165, 1.54) is 0 Å². The molecule has 0 radical (unpaired) electrons. The maximum absolute atomic E-state index is 13.0. The Bertz CT molecular complexity index is 894. The Morgan fingerprint density at radius 2 is 2.00 bits per heavy atom. The molecule has 1 aromatic carbocycles. The van der Waals surface area contributed by atoms with Gasteiger partial charge < -0.3 is 11.1 Å². The molecular formula is C18H24N6O3. The van der Waals surface area contributed by atoms with Crippen molar-refractivity contribution in [3.63, 3.8) is 0 Å². The van der Waals surface area contributed by atoms with Crippen molar-refractivity contribution in [3.05, 3.63) is 28.6 Å². The Kier molecular flexibility index (Phi) is 6.12. The third-order valence-corrected chi connectivity index (χ3v) is 4.66. The van der Waals surface area contributed by atoms with Crippen LogP contribution in [0.25, 0.3) is 10.9 Å². The molecule has 1 unspecified atom stereocenters. The highest BCUT2D eigenvalue weighted by atomic mass is 16.2. The van der Waals surface area contributed by atoms with E-state index < -0.39 is 11.9 Å². The first-order valence-corrected chi connectivity index (χ1v) is 9.27. The number of rotatable bonds is 8. The highest BCUT2D eigenvalue weighted by molar-refractivity contribution is 5.99. The van der Waals surface area contributed by atoms with E-state index in [1.807, 2.05) is 12.1 Å². The maximum Gasteiger partial charge on any atom is 0.280 e. The first-order valence-electron chi connectivity index (χ1n) is 9.27. The maximum atomic E-state index is 13.0. The Hall–Kier alpha value is -2.81. The molecule has 1 atom stereocenters. The van der Waals surface area contributed by atoms with Crippen molar-refractivity contribution in [1.29, 1.82) is 0 Å². The van der Waals surface area contributed by atoms with E-state index in [1.54, 1.807) is 6.07 Å². The minimum absolute atomic E-state index is 0.172. The molecule has 1 aromatic heterocycles. The quantitative estimate of drug-likeness (QED) is 0.459. The number of nitrogens with two attached hydrogens (primary N) is 1. The molecule has 0 bridgehead atoms. The van der Waals surface area contributed by atoms with Gasteiger partial charge in [0.1, 0.15) is 11.6 Å². The standard InChI is InChI=1S/C18H24N6O3/c19-10-3-1-2-4-11-20-12-6-5-7-13-16(12)18(27)24(23-22-13)14-8-9-15(25)21-17(14)26/h5-7,14,20H,1-4,8-11,19H2,(H,21,25,26). The monoisotopic (exact) mass is 372 g/mol. The van der Waals surface area contributed by atoms with E-state index >= 15 is 0 Å². The molecule has 9 nitrogen and oxygen atoms in total. The average molecular weight is 372 g/mol. The predicted octanol–water partition coefficient (Wildman–Crippen LogP) is 0.700. The SMILES string of the molecule is NCCCCCCNc1cccc2nnn(C3CCC(=O)NC3=O)c(=O)c12. The Balaban J connectivity index is 1.82. The van der Waals surface area contributed by atoms with Crippen molar-refractivity contribution in [3.8, 4) is 0 Å². The number of carbonyl (C=O) groups is 2. The fourth-order valence-corrected chi connectivity index (χ4v) is 3.21. The van der Waals surface area contributed by atoms with Crippen LogP contribution in [0.5, 0.6) is 0 Å². The first kappa shape index (κ1) is 19.0. The summed E-state index contributed by atoms with van der Waals surface area (Å²) >= 11 is 0. The molecule has 1 fully saturated rings. The molecule has 1 aliphatic rings. The van der Waals surface area contributed by atoms with Crippen LogP contribution in [-0.4, -0.2) is 39.9 Å². The van der Waals surface area contributed by atoms with E-state index in [2.05, 4.69) is 20.9 Å². The topological polar surface area (TPSA) is 132 Å². The number of amides is 2. The van der Waals surface area contributed by atoms with Crippen LogP contribution in [-0.2, 0) is 9.59 Å². The summed E-state index contributed by atoms with van der Waals surface area (Å²) in [6.45, 7) is 1.43. The summed E-state index contributed by atoms with van der Waals surface area (Å²) in [7, 11) is 0. The lowest BCUT2D eigenvalue weighted by Crippen LogP contribution is -2.45. The second-order valence-corrected chi connectivity index (χ2v) is 6.64. The van der Waals surface area contributed by atoms with Gasteiger partial charge in [0.05, 0.1) is 5.39 Å². The van der Waals surface area contributed by atoms with E-state index in [0.717, 1.165) is 36.9 Å². The summed E-state index contributed by atoms with van der Waals surface area (Å²) in [5, 5.41) is 13.9. The Morgan fingerprint density at radius 3 is 2.78 bits per heavy atom. The molecule has 2 amide bonds. The fraction of sp³-hybridized carbons (Fsp3) is 0.500. The Morgan fingerprint density at radius 1 is 1.19 bits per heavy atom. The third-order valence-electron chi connectivity index (χ3n) is 4.66. The van der Waals surface area contributed by atoms with Crippen LogP contribution in [0.2, 0.25) is 0 Å². The summed E-state index contributed by atoms with van der Waals surface area (Å²) in [6, 6.07) is 4.52. The van der Waals surface area contributed by atoms with Gasteiger partial charge >= 0.3 is 0 Å². The number of fused-ring (bicyclic) bond motifs is 1. The van der Waals surface area contributed by atoms with Gasteiger partial charge in [0.15, 0.2) is 0 Å². The minimum Gasteiger partial charge on any atom is -0.384 e. The number of aromatic nitrogens is 3. The molecule has 144 valence electrons. The molecule has 2 heterocycles. The lowest BCUT2D eigenvalue weighted by Gasteiger charge is -2.21. The van der Waals surface area contributed by atoms with Crippen LogP contribution < -0.4 is 21.9 Å². The van der Waals surface area contributed by atoms with Gasteiger partial charge in [0, 0.05) is 18.7 Å². The molecule has 4 N–H and O–H groups in total. The number of unbranched alkanes of at least 4 members (excludes halogenated alkanes) is 3. The highest BCUT2D eigenvalue weighted by Gasteiger charge is 2.30. The van der Waals surface area contributed by atoms with Gasteiger partial charge in [-0.05, 0) is 37.9 Å². The number of hydrogen-bond acceptors (Lipinski definition) is 7. The van der Waals surface area contributed by atoms with Gasteiger partial charge in [-0.2, -0.15) is 4.68 Å². The van der Waals surface area contributed by atoms with Gasteiger partial charge in [0.2, 0.25) is 5.91 Å². The van der Waals surface area contributed by atoms with Gasteiger partial charge in [0.25, 0.3) is 11.5 Å². The van der Waals surface area contributed by atoms with Gasteiger partial charge in [-0.3, -0.25) is 19.7 Å². The van der Waals surface area contributed by atoms with Crippen LogP contribution in [0.4, 0.5) is 5.69 Å². The lowest BCUT2D eigenvalue weighted by atomic mass is 10.1. The number of nitrogens with one attached hydrogen (secondary N) is 2. The largest absolute Gasteiger partial charge is 0.384 e. The van der Waals surface area contributed by atoms with Crippen molar-refractivity contribution in [2.45, 2.75) is 44.6 Å². The predicted molar refractivity (Wildman–Crippen MR) is 101 cm³/mol. The molecule has 0 aliphatic carbocycles. The number of imide groups is 1. The fourth-order valence-electron chi connectivity index (χ4n) is 3.21. The zero-order valence-electron chi connectivity index (χ0n) is 15.1.